The molecule has 0 atom stereocenters. The van der Waals surface area contributed by atoms with Gasteiger partial charge in [0.2, 0.25) is 0 Å². The average Bonchev–Trinajstić information content (AvgIpc) is 1.97. The second-order valence-corrected chi connectivity index (χ2v) is 2.12. The Labute approximate surface area is 63.1 Å². The zero-order valence-electron chi connectivity index (χ0n) is 6.68. The maximum Gasteiger partial charge on any atom is 0.0940 e. The quantitative estimate of drug-likeness (QED) is 0.349. The van der Waals surface area contributed by atoms with Crippen LogP contribution in [0.1, 0.15) is 26.2 Å². The Morgan fingerprint density at radius 1 is 1.30 bits per heavy atom. The van der Waals surface area contributed by atoms with Gasteiger partial charge in [-0.05, 0) is 12.8 Å². The first-order valence-electron chi connectivity index (χ1n) is 3.84. The van der Waals surface area contributed by atoms with Crippen LogP contribution in [-0.2, 0) is 4.74 Å². The lowest BCUT2D eigenvalue weighted by molar-refractivity contribution is 0.146. The molecule has 0 bridgehead atoms. The lowest BCUT2D eigenvalue weighted by Crippen LogP contribution is -2.04. The van der Waals surface area contributed by atoms with Gasteiger partial charge in [-0.1, -0.05) is 25.5 Å². The first-order chi connectivity index (χ1) is 4.91. The molecule has 0 saturated heterocycles. The van der Waals surface area contributed by atoms with Crippen LogP contribution in [0.4, 0.5) is 0 Å². The standard InChI is InChI=1S/C8H17NO/c1-2-3-4-5-6-7-10-8-9/h4-5H,2-3,6-9H2,1H3/b5-4-. The van der Waals surface area contributed by atoms with Crippen molar-refractivity contribution < 1.29 is 4.74 Å². The minimum Gasteiger partial charge on any atom is -0.366 e. The van der Waals surface area contributed by atoms with Gasteiger partial charge in [-0.25, -0.2) is 0 Å². The summed E-state index contributed by atoms with van der Waals surface area (Å²) in [6.45, 7) is 3.25. The normalized spacial score (nSPS) is 11.0. The Bertz CT molecular complexity index is 81.3. The lowest BCUT2D eigenvalue weighted by atomic mass is 10.3. The predicted octanol–water partition coefficient (Wildman–Crippen LogP) is 1.67. The van der Waals surface area contributed by atoms with Crippen LogP contribution in [0.2, 0.25) is 0 Å². The Kier molecular flexibility index (Phi) is 8.37. The lowest BCUT2D eigenvalue weighted by Gasteiger charge is -1.94. The number of hydrogen-bond acceptors (Lipinski definition) is 2. The van der Waals surface area contributed by atoms with Gasteiger partial charge >= 0.3 is 0 Å². The van der Waals surface area contributed by atoms with E-state index in [-0.39, 0.29) is 0 Å². The van der Waals surface area contributed by atoms with Crippen LogP contribution in [0.3, 0.4) is 0 Å². The van der Waals surface area contributed by atoms with Gasteiger partial charge in [-0.15, -0.1) is 0 Å². The minimum absolute atomic E-state index is 0.335. The molecule has 0 aliphatic heterocycles. The summed E-state index contributed by atoms with van der Waals surface area (Å²) < 4.78 is 4.94. The fraction of sp³-hybridized carbons (Fsp3) is 0.750. The van der Waals surface area contributed by atoms with Crippen molar-refractivity contribution >= 4 is 0 Å². The van der Waals surface area contributed by atoms with Crippen LogP contribution < -0.4 is 5.73 Å². The fourth-order valence-corrected chi connectivity index (χ4v) is 0.637. The van der Waals surface area contributed by atoms with Gasteiger partial charge in [0.05, 0.1) is 13.3 Å². The van der Waals surface area contributed by atoms with Gasteiger partial charge in [0, 0.05) is 0 Å². The molecule has 0 aliphatic carbocycles. The summed E-state index contributed by atoms with van der Waals surface area (Å²) in [6, 6.07) is 0. The molecule has 2 heteroatoms. The molecule has 0 heterocycles. The molecule has 0 aliphatic rings. The third kappa shape index (κ3) is 7.66. The first kappa shape index (κ1) is 9.66. The Morgan fingerprint density at radius 3 is 2.60 bits per heavy atom. The third-order valence-electron chi connectivity index (χ3n) is 1.17. The topological polar surface area (TPSA) is 35.2 Å². The van der Waals surface area contributed by atoms with Crippen LogP contribution >= 0.6 is 0 Å². The van der Waals surface area contributed by atoms with Crippen molar-refractivity contribution in [2.24, 2.45) is 5.73 Å². The Hall–Kier alpha value is -0.340. The molecule has 0 aromatic rings. The van der Waals surface area contributed by atoms with Crippen molar-refractivity contribution in [1.82, 2.24) is 0 Å². The average molecular weight is 143 g/mol. The van der Waals surface area contributed by atoms with E-state index >= 15 is 0 Å². The van der Waals surface area contributed by atoms with E-state index in [9.17, 15) is 0 Å². The van der Waals surface area contributed by atoms with E-state index in [2.05, 4.69) is 19.1 Å². The second kappa shape index (κ2) is 8.66. The number of nitrogens with two attached hydrogens (primary N) is 1. The highest BCUT2D eigenvalue weighted by Gasteiger charge is 1.79. The van der Waals surface area contributed by atoms with Gasteiger partial charge < -0.3 is 10.5 Å². The highest BCUT2D eigenvalue weighted by Crippen LogP contribution is 1.90. The van der Waals surface area contributed by atoms with E-state index in [1.54, 1.807) is 0 Å². The number of unbranched alkanes of at least 4 members (excludes halogenated alkanes) is 1. The SMILES string of the molecule is CCC/C=C\CCOCN. The summed E-state index contributed by atoms with van der Waals surface area (Å²) in [4.78, 5) is 0. The van der Waals surface area contributed by atoms with Gasteiger partial charge in [-0.3, -0.25) is 0 Å². The van der Waals surface area contributed by atoms with Gasteiger partial charge in [0.15, 0.2) is 0 Å². The van der Waals surface area contributed by atoms with Crippen molar-refractivity contribution in [1.29, 1.82) is 0 Å². The summed E-state index contributed by atoms with van der Waals surface area (Å²) in [5.41, 5.74) is 5.12. The second-order valence-electron chi connectivity index (χ2n) is 2.12. The van der Waals surface area contributed by atoms with Crippen molar-refractivity contribution in [2.45, 2.75) is 26.2 Å². The van der Waals surface area contributed by atoms with E-state index in [4.69, 9.17) is 10.5 Å². The number of ether oxygens (including phenoxy) is 1. The van der Waals surface area contributed by atoms with Gasteiger partial charge in [0.25, 0.3) is 0 Å². The monoisotopic (exact) mass is 143 g/mol. The molecule has 10 heavy (non-hydrogen) atoms. The smallest absolute Gasteiger partial charge is 0.0940 e. The van der Waals surface area contributed by atoms with Crippen molar-refractivity contribution in [3.63, 3.8) is 0 Å². The zero-order valence-corrected chi connectivity index (χ0v) is 6.68. The summed E-state index contributed by atoms with van der Waals surface area (Å²) in [5, 5.41) is 0. The molecule has 60 valence electrons. The minimum atomic E-state index is 0.335. The molecule has 0 unspecified atom stereocenters. The number of allylic oxidation sites excluding steroid dienone is 1. The van der Waals surface area contributed by atoms with Crippen LogP contribution in [0.25, 0.3) is 0 Å². The Balaban J connectivity index is 2.88. The first-order valence-corrected chi connectivity index (χ1v) is 3.84. The molecule has 0 saturated carbocycles. The molecule has 0 radical (unpaired) electrons. The Morgan fingerprint density at radius 2 is 2.00 bits per heavy atom. The number of rotatable bonds is 6. The highest BCUT2D eigenvalue weighted by molar-refractivity contribution is 4.80. The maximum absolute atomic E-state index is 5.12. The third-order valence-corrected chi connectivity index (χ3v) is 1.17. The van der Waals surface area contributed by atoms with E-state index in [0.29, 0.717) is 6.73 Å². The van der Waals surface area contributed by atoms with E-state index < -0.39 is 0 Å². The molecule has 0 aromatic heterocycles. The summed E-state index contributed by atoms with van der Waals surface area (Å²) in [7, 11) is 0. The predicted molar refractivity (Wildman–Crippen MR) is 43.7 cm³/mol. The molecule has 0 rings (SSSR count). The van der Waals surface area contributed by atoms with E-state index in [1.807, 2.05) is 0 Å². The molecule has 2 nitrogen and oxygen atoms in total. The fourth-order valence-electron chi connectivity index (χ4n) is 0.637. The molecule has 0 fully saturated rings. The molecular weight excluding hydrogens is 126 g/mol. The summed E-state index contributed by atoms with van der Waals surface area (Å²) >= 11 is 0. The van der Waals surface area contributed by atoms with Crippen molar-refractivity contribution in [3.05, 3.63) is 12.2 Å². The van der Waals surface area contributed by atoms with E-state index in [0.717, 1.165) is 13.0 Å². The van der Waals surface area contributed by atoms with Crippen molar-refractivity contribution in [3.8, 4) is 0 Å². The highest BCUT2D eigenvalue weighted by atomic mass is 16.5. The van der Waals surface area contributed by atoms with Crippen LogP contribution in [0.5, 0.6) is 0 Å². The molecule has 2 N–H and O–H groups in total. The van der Waals surface area contributed by atoms with Crippen LogP contribution in [0, 0.1) is 0 Å². The summed E-state index contributed by atoms with van der Waals surface area (Å²) in [5.74, 6) is 0. The van der Waals surface area contributed by atoms with Gasteiger partial charge in [-0.2, -0.15) is 0 Å². The molecule has 0 spiro atoms. The van der Waals surface area contributed by atoms with Crippen LogP contribution in [0.15, 0.2) is 12.2 Å². The largest absolute Gasteiger partial charge is 0.366 e. The molecule has 0 amide bonds. The zero-order chi connectivity index (χ0) is 7.66. The number of hydrogen-bond donors (Lipinski definition) is 1. The maximum atomic E-state index is 5.12. The molecule has 0 aromatic carbocycles. The summed E-state index contributed by atoms with van der Waals surface area (Å²) in [6.07, 6.45) is 7.69. The van der Waals surface area contributed by atoms with E-state index in [1.165, 1.54) is 12.8 Å². The van der Waals surface area contributed by atoms with Crippen molar-refractivity contribution in [2.75, 3.05) is 13.3 Å². The van der Waals surface area contributed by atoms with Gasteiger partial charge in [0.1, 0.15) is 0 Å². The molecular formula is C8H17NO. The van der Waals surface area contributed by atoms with Crippen LogP contribution in [-0.4, -0.2) is 13.3 Å².